The molecule has 4 nitrogen and oxygen atoms in total. The fraction of sp³-hybridized carbons (Fsp3) is 0.588. The fourth-order valence-corrected chi connectivity index (χ4v) is 2.12. The lowest BCUT2D eigenvalue weighted by atomic mass is 10.0. The molecule has 0 unspecified atom stereocenters. The largest absolute Gasteiger partial charge is 0.399 e. The summed E-state index contributed by atoms with van der Waals surface area (Å²) in [5, 5.41) is 3.09. The molecule has 0 radical (unpaired) electrons. The standard InChI is InChI=1S/C17H29N3O/c1-5-11-20(12-14-7-9-15(18)10-8-14)13-16(21)19-17(3,4)6-2/h7-10H,5-6,11-13,18H2,1-4H3,(H,19,21). The van der Waals surface area contributed by atoms with Gasteiger partial charge in [0.25, 0.3) is 0 Å². The predicted molar refractivity (Wildman–Crippen MR) is 88.9 cm³/mol. The first-order valence-electron chi connectivity index (χ1n) is 7.74. The highest BCUT2D eigenvalue weighted by Crippen LogP contribution is 2.10. The quantitative estimate of drug-likeness (QED) is 0.724. The van der Waals surface area contributed by atoms with Gasteiger partial charge in [-0.05, 0) is 50.9 Å². The molecule has 1 amide bonds. The Labute approximate surface area is 128 Å². The highest BCUT2D eigenvalue weighted by atomic mass is 16.2. The minimum atomic E-state index is -0.143. The highest BCUT2D eigenvalue weighted by Gasteiger charge is 2.19. The Bertz CT molecular complexity index is 440. The number of nitrogens with one attached hydrogen (secondary N) is 1. The van der Waals surface area contributed by atoms with Crippen molar-refractivity contribution < 1.29 is 4.79 Å². The molecule has 0 bridgehead atoms. The van der Waals surface area contributed by atoms with Crippen molar-refractivity contribution in [1.82, 2.24) is 10.2 Å². The van der Waals surface area contributed by atoms with Crippen LogP contribution in [0.4, 0.5) is 5.69 Å². The number of carbonyl (C=O) groups is 1. The normalized spacial score (nSPS) is 11.7. The van der Waals surface area contributed by atoms with Gasteiger partial charge in [-0.3, -0.25) is 9.69 Å². The molecule has 0 spiro atoms. The summed E-state index contributed by atoms with van der Waals surface area (Å²) < 4.78 is 0. The molecule has 0 atom stereocenters. The van der Waals surface area contributed by atoms with E-state index in [0.29, 0.717) is 6.54 Å². The summed E-state index contributed by atoms with van der Waals surface area (Å²) in [5.74, 6) is 0.0887. The Morgan fingerprint density at radius 3 is 2.38 bits per heavy atom. The van der Waals surface area contributed by atoms with Crippen LogP contribution in [0, 0.1) is 0 Å². The van der Waals surface area contributed by atoms with Crippen molar-refractivity contribution in [2.75, 3.05) is 18.8 Å². The highest BCUT2D eigenvalue weighted by molar-refractivity contribution is 5.78. The van der Waals surface area contributed by atoms with E-state index in [-0.39, 0.29) is 11.4 Å². The monoisotopic (exact) mass is 291 g/mol. The molecule has 0 aliphatic heterocycles. The van der Waals surface area contributed by atoms with Crippen LogP contribution < -0.4 is 11.1 Å². The lowest BCUT2D eigenvalue weighted by Crippen LogP contribution is -2.47. The lowest BCUT2D eigenvalue weighted by molar-refractivity contribution is -0.124. The molecule has 1 aromatic carbocycles. The number of hydrogen-bond acceptors (Lipinski definition) is 3. The van der Waals surface area contributed by atoms with E-state index in [2.05, 4.69) is 37.9 Å². The third kappa shape index (κ3) is 6.63. The molecule has 0 aliphatic carbocycles. The minimum Gasteiger partial charge on any atom is -0.399 e. The van der Waals surface area contributed by atoms with Gasteiger partial charge in [0.2, 0.25) is 5.91 Å². The number of nitrogen functional groups attached to an aromatic ring is 1. The SMILES string of the molecule is CCCN(CC(=O)NC(C)(C)CC)Cc1ccc(N)cc1. The summed E-state index contributed by atoms with van der Waals surface area (Å²) in [6.07, 6.45) is 1.95. The van der Waals surface area contributed by atoms with Gasteiger partial charge in [-0.1, -0.05) is 26.0 Å². The first kappa shape index (κ1) is 17.5. The van der Waals surface area contributed by atoms with Gasteiger partial charge >= 0.3 is 0 Å². The third-order valence-electron chi connectivity index (χ3n) is 3.65. The van der Waals surface area contributed by atoms with Crippen molar-refractivity contribution >= 4 is 11.6 Å². The smallest absolute Gasteiger partial charge is 0.234 e. The molecule has 21 heavy (non-hydrogen) atoms. The maximum atomic E-state index is 12.2. The van der Waals surface area contributed by atoms with E-state index in [0.717, 1.165) is 31.6 Å². The van der Waals surface area contributed by atoms with Gasteiger partial charge in [0, 0.05) is 17.8 Å². The lowest BCUT2D eigenvalue weighted by Gasteiger charge is -2.27. The van der Waals surface area contributed by atoms with Gasteiger partial charge in [0.05, 0.1) is 6.54 Å². The molecular weight excluding hydrogens is 262 g/mol. The fourth-order valence-electron chi connectivity index (χ4n) is 2.12. The number of rotatable bonds is 8. The van der Waals surface area contributed by atoms with E-state index < -0.39 is 0 Å². The van der Waals surface area contributed by atoms with Crippen LogP contribution in [0.3, 0.4) is 0 Å². The molecule has 1 aromatic rings. The number of nitrogens with two attached hydrogens (primary N) is 1. The molecule has 3 N–H and O–H groups in total. The van der Waals surface area contributed by atoms with Crippen molar-refractivity contribution in [3.8, 4) is 0 Å². The second-order valence-electron chi connectivity index (χ2n) is 6.24. The van der Waals surface area contributed by atoms with Crippen LogP contribution in [-0.4, -0.2) is 29.4 Å². The molecule has 1 rings (SSSR count). The van der Waals surface area contributed by atoms with E-state index in [1.165, 1.54) is 5.56 Å². The number of hydrogen-bond donors (Lipinski definition) is 2. The molecule has 0 aromatic heterocycles. The van der Waals surface area contributed by atoms with E-state index in [1.54, 1.807) is 0 Å². The van der Waals surface area contributed by atoms with Gasteiger partial charge in [0.1, 0.15) is 0 Å². The van der Waals surface area contributed by atoms with Crippen molar-refractivity contribution in [1.29, 1.82) is 0 Å². The molecule has 4 heteroatoms. The topological polar surface area (TPSA) is 58.4 Å². The molecule has 0 saturated heterocycles. The molecule has 0 fully saturated rings. The Hall–Kier alpha value is -1.55. The Morgan fingerprint density at radius 2 is 1.86 bits per heavy atom. The maximum absolute atomic E-state index is 12.2. The molecule has 118 valence electrons. The van der Waals surface area contributed by atoms with Crippen molar-refractivity contribution in [2.45, 2.75) is 52.6 Å². The summed E-state index contributed by atoms with van der Waals surface area (Å²) in [7, 11) is 0. The summed E-state index contributed by atoms with van der Waals surface area (Å²) in [4.78, 5) is 14.3. The number of amides is 1. The Balaban J connectivity index is 2.60. The van der Waals surface area contributed by atoms with Crippen LogP contribution in [0.1, 0.15) is 46.1 Å². The molecule has 0 saturated carbocycles. The average molecular weight is 291 g/mol. The Morgan fingerprint density at radius 1 is 1.24 bits per heavy atom. The first-order valence-corrected chi connectivity index (χ1v) is 7.74. The maximum Gasteiger partial charge on any atom is 0.234 e. The second kappa shape index (κ2) is 8.03. The number of carbonyl (C=O) groups excluding carboxylic acids is 1. The van der Waals surface area contributed by atoms with Crippen LogP contribution in [0.25, 0.3) is 0 Å². The summed E-state index contributed by atoms with van der Waals surface area (Å²) >= 11 is 0. The number of nitrogens with zero attached hydrogens (tertiary/aromatic N) is 1. The van der Waals surface area contributed by atoms with E-state index in [1.807, 2.05) is 24.3 Å². The van der Waals surface area contributed by atoms with E-state index >= 15 is 0 Å². The van der Waals surface area contributed by atoms with Crippen LogP contribution in [0.5, 0.6) is 0 Å². The van der Waals surface area contributed by atoms with Crippen molar-refractivity contribution in [3.63, 3.8) is 0 Å². The second-order valence-corrected chi connectivity index (χ2v) is 6.24. The minimum absolute atomic E-state index is 0.0887. The summed E-state index contributed by atoms with van der Waals surface area (Å²) in [5.41, 5.74) is 7.51. The summed E-state index contributed by atoms with van der Waals surface area (Å²) in [6.45, 7) is 10.4. The first-order chi connectivity index (χ1) is 9.86. The number of benzene rings is 1. The van der Waals surface area contributed by atoms with E-state index in [4.69, 9.17) is 5.73 Å². The molecular formula is C17H29N3O. The van der Waals surface area contributed by atoms with Gasteiger partial charge in [-0.2, -0.15) is 0 Å². The third-order valence-corrected chi connectivity index (χ3v) is 3.65. The average Bonchev–Trinajstić information content (AvgIpc) is 2.41. The van der Waals surface area contributed by atoms with Gasteiger partial charge in [-0.15, -0.1) is 0 Å². The zero-order valence-electron chi connectivity index (χ0n) is 13.8. The van der Waals surface area contributed by atoms with Gasteiger partial charge in [0.15, 0.2) is 0 Å². The number of anilines is 1. The zero-order chi connectivity index (χ0) is 15.9. The Kier molecular flexibility index (Phi) is 6.69. The molecule has 0 heterocycles. The van der Waals surface area contributed by atoms with Crippen LogP contribution in [0.15, 0.2) is 24.3 Å². The zero-order valence-corrected chi connectivity index (χ0v) is 13.8. The van der Waals surface area contributed by atoms with Crippen LogP contribution in [0.2, 0.25) is 0 Å². The van der Waals surface area contributed by atoms with Crippen LogP contribution in [-0.2, 0) is 11.3 Å². The van der Waals surface area contributed by atoms with Gasteiger partial charge < -0.3 is 11.1 Å². The van der Waals surface area contributed by atoms with Crippen LogP contribution >= 0.6 is 0 Å². The summed E-state index contributed by atoms with van der Waals surface area (Å²) in [6, 6.07) is 7.84. The molecule has 0 aliphatic rings. The predicted octanol–water partition coefficient (Wildman–Crippen LogP) is 2.79. The van der Waals surface area contributed by atoms with Crippen molar-refractivity contribution in [2.24, 2.45) is 0 Å². The van der Waals surface area contributed by atoms with Crippen molar-refractivity contribution in [3.05, 3.63) is 29.8 Å². The van der Waals surface area contributed by atoms with Gasteiger partial charge in [-0.25, -0.2) is 0 Å². The van der Waals surface area contributed by atoms with E-state index in [9.17, 15) is 4.79 Å².